The second-order valence-corrected chi connectivity index (χ2v) is 9.84. The van der Waals surface area contributed by atoms with Gasteiger partial charge < -0.3 is 9.64 Å². The van der Waals surface area contributed by atoms with Gasteiger partial charge in [0.05, 0.1) is 23.3 Å². The largest absolute Gasteiger partial charge is 0.465 e. The number of anilines is 1. The summed E-state index contributed by atoms with van der Waals surface area (Å²) in [5, 5.41) is 0. The van der Waals surface area contributed by atoms with Crippen LogP contribution in [0.25, 0.3) is 6.08 Å². The molecule has 1 aliphatic carbocycles. The number of methoxy groups -OCH3 is 1. The quantitative estimate of drug-likeness (QED) is 0.500. The van der Waals surface area contributed by atoms with Crippen molar-refractivity contribution in [1.82, 2.24) is 4.90 Å². The maximum absolute atomic E-state index is 13.4. The van der Waals surface area contributed by atoms with Crippen LogP contribution in [0, 0.1) is 0 Å². The number of nitrogens with zero attached hydrogens (tertiary/aromatic N) is 1. The van der Waals surface area contributed by atoms with Crippen molar-refractivity contribution in [3.63, 3.8) is 0 Å². The summed E-state index contributed by atoms with van der Waals surface area (Å²) >= 11 is 0. The number of rotatable bonds is 10. The average Bonchev–Trinajstić information content (AvgIpc) is 2.83. The first-order valence-electron chi connectivity index (χ1n) is 11.6. The molecular formula is C26H34N2O4S. The van der Waals surface area contributed by atoms with Crippen molar-refractivity contribution in [2.75, 3.05) is 31.5 Å². The lowest BCUT2D eigenvalue weighted by atomic mass is 9.87. The Morgan fingerprint density at radius 3 is 2.55 bits per heavy atom. The molecule has 7 heteroatoms. The van der Waals surface area contributed by atoms with Crippen molar-refractivity contribution in [2.45, 2.75) is 50.8 Å². The smallest absolute Gasteiger partial charge is 0.340 e. The first kappa shape index (κ1) is 25.0. The van der Waals surface area contributed by atoms with E-state index in [-0.39, 0.29) is 10.6 Å². The Hall–Kier alpha value is -2.64. The van der Waals surface area contributed by atoms with Gasteiger partial charge in [0.1, 0.15) is 0 Å². The van der Waals surface area contributed by atoms with Crippen molar-refractivity contribution in [2.24, 2.45) is 0 Å². The van der Waals surface area contributed by atoms with Crippen molar-refractivity contribution in [1.29, 1.82) is 0 Å². The number of fused-ring (bicyclic) bond motifs is 1. The van der Waals surface area contributed by atoms with Crippen LogP contribution in [0.2, 0.25) is 0 Å². The second-order valence-electron chi connectivity index (χ2n) is 8.19. The molecule has 0 saturated carbocycles. The first-order valence-corrected chi connectivity index (χ1v) is 13.1. The van der Waals surface area contributed by atoms with Crippen LogP contribution in [0.15, 0.2) is 47.4 Å². The van der Waals surface area contributed by atoms with Crippen LogP contribution in [-0.2, 0) is 27.6 Å². The number of carbonyl (C=O) groups excluding carboxylic acids is 1. The third-order valence-corrected chi connectivity index (χ3v) is 7.62. The maximum Gasteiger partial charge on any atom is 0.340 e. The van der Waals surface area contributed by atoms with Crippen molar-refractivity contribution in [3.8, 4) is 0 Å². The van der Waals surface area contributed by atoms with Crippen LogP contribution in [0.3, 0.4) is 0 Å². The van der Waals surface area contributed by atoms with E-state index in [2.05, 4.69) is 23.5 Å². The van der Waals surface area contributed by atoms with Crippen LogP contribution < -0.4 is 4.72 Å². The standard InChI is InChI=1S/C26H34N2O4S/c1-4-28(5-2)19-11-10-14-21-13-7-9-16-24(21)33(30,31)27-23-18-17-20-12-6-8-15-22(20)25(23)26(29)32-3/h7,9-10,13-14,16-18,27H,4-6,8,11-12,15,19H2,1-3H3. The van der Waals surface area contributed by atoms with E-state index in [9.17, 15) is 13.2 Å². The number of hydrogen-bond acceptors (Lipinski definition) is 5. The minimum atomic E-state index is -3.92. The van der Waals surface area contributed by atoms with Gasteiger partial charge in [0, 0.05) is 6.54 Å². The molecule has 3 rings (SSSR count). The number of esters is 1. The van der Waals surface area contributed by atoms with Gasteiger partial charge in [-0.25, -0.2) is 13.2 Å². The van der Waals surface area contributed by atoms with E-state index in [4.69, 9.17) is 4.74 Å². The first-order chi connectivity index (χ1) is 15.9. The molecule has 0 spiro atoms. The minimum Gasteiger partial charge on any atom is -0.465 e. The number of sulfonamides is 1. The highest BCUT2D eigenvalue weighted by molar-refractivity contribution is 7.92. The molecule has 1 N–H and O–H groups in total. The molecule has 0 heterocycles. The normalized spacial score (nSPS) is 13.8. The summed E-state index contributed by atoms with van der Waals surface area (Å²) in [6.45, 7) is 7.16. The average molecular weight is 471 g/mol. The van der Waals surface area contributed by atoms with Gasteiger partial charge in [0.2, 0.25) is 0 Å². The molecule has 0 fully saturated rings. The fourth-order valence-corrected chi connectivity index (χ4v) is 5.59. The Kier molecular flexibility index (Phi) is 8.69. The zero-order chi connectivity index (χ0) is 23.8. The SMILES string of the molecule is CCN(CC)CCC=Cc1ccccc1S(=O)(=O)Nc1ccc2c(c1C(=O)OC)CCCC2. The van der Waals surface area contributed by atoms with Crippen LogP contribution in [-0.4, -0.2) is 46.0 Å². The van der Waals surface area contributed by atoms with Crippen LogP contribution in [0.5, 0.6) is 0 Å². The van der Waals surface area contributed by atoms with E-state index in [1.165, 1.54) is 7.11 Å². The van der Waals surface area contributed by atoms with Gasteiger partial charge in [-0.1, -0.05) is 50.3 Å². The summed E-state index contributed by atoms with van der Waals surface area (Å²) in [5.41, 5.74) is 3.18. The molecule has 0 unspecified atom stereocenters. The third-order valence-electron chi connectivity index (χ3n) is 6.18. The van der Waals surface area contributed by atoms with E-state index in [0.717, 1.165) is 62.9 Å². The Labute approximate surface area is 197 Å². The number of ether oxygens (including phenoxy) is 1. The number of aryl methyl sites for hydroxylation is 1. The highest BCUT2D eigenvalue weighted by atomic mass is 32.2. The van der Waals surface area contributed by atoms with Crippen LogP contribution in [0.1, 0.15) is 60.2 Å². The van der Waals surface area contributed by atoms with E-state index in [0.29, 0.717) is 11.1 Å². The van der Waals surface area contributed by atoms with E-state index in [1.54, 1.807) is 24.3 Å². The van der Waals surface area contributed by atoms with Crippen molar-refractivity contribution < 1.29 is 17.9 Å². The molecule has 0 bridgehead atoms. The lowest BCUT2D eigenvalue weighted by Gasteiger charge is -2.21. The summed E-state index contributed by atoms with van der Waals surface area (Å²) in [6.07, 6.45) is 8.34. The fourth-order valence-electron chi connectivity index (χ4n) is 4.32. The molecule has 0 atom stereocenters. The van der Waals surface area contributed by atoms with Gasteiger partial charge in [0.15, 0.2) is 0 Å². The third kappa shape index (κ3) is 6.03. The monoisotopic (exact) mass is 470 g/mol. The molecule has 0 amide bonds. The number of carbonyl (C=O) groups is 1. The summed E-state index contributed by atoms with van der Waals surface area (Å²) in [5.74, 6) is -0.518. The Morgan fingerprint density at radius 2 is 1.82 bits per heavy atom. The van der Waals surface area contributed by atoms with Crippen molar-refractivity contribution >= 4 is 27.8 Å². The summed E-state index contributed by atoms with van der Waals surface area (Å²) in [6, 6.07) is 10.5. The highest BCUT2D eigenvalue weighted by Gasteiger charge is 2.26. The summed E-state index contributed by atoms with van der Waals surface area (Å²) in [4.78, 5) is 15.1. The molecule has 178 valence electrons. The summed E-state index contributed by atoms with van der Waals surface area (Å²) in [7, 11) is -2.60. The van der Waals surface area contributed by atoms with Gasteiger partial charge >= 0.3 is 5.97 Å². The Bertz CT molecular complexity index is 1110. The molecule has 6 nitrogen and oxygen atoms in total. The van der Waals surface area contributed by atoms with Gasteiger partial charge in [-0.15, -0.1) is 0 Å². The molecule has 2 aromatic carbocycles. The zero-order valence-corrected chi connectivity index (χ0v) is 20.6. The van der Waals surface area contributed by atoms with E-state index < -0.39 is 16.0 Å². The predicted octanol–water partition coefficient (Wildman–Crippen LogP) is 4.90. The number of benzene rings is 2. The number of hydrogen-bond donors (Lipinski definition) is 1. The van der Waals surface area contributed by atoms with Crippen LogP contribution in [0.4, 0.5) is 5.69 Å². The van der Waals surface area contributed by atoms with Crippen molar-refractivity contribution in [3.05, 3.63) is 64.7 Å². The molecular weight excluding hydrogens is 436 g/mol. The summed E-state index contributed by atoms with van der Waals surface area (Å²) < 4.78 is 34.4. The lowest BCUT2D eigenvalue weighted by Crippen LogP contribution is -2.23. The second kappa shape index (κ2) is 11.5. The molecule has 0 aliphatic heterocycles. The molecule has 0 aromatic heterocycles. The maximum atomic E-state index is 13.4. The Morgan fingerprint density at radius 1 is 1.09 bits per heavy atom. The van der Waals surface area contributed by atoms with Gasteiger partial charge in [-0.3, -0.25) is 4.72 Å². The predicted molar refractivity (Wildman–Crippen MR) is 133 cm³/mol. The lowest BCUT2D eigenvalue weighted by molar-refractivity contribution is 0.0600. The molecule has 33 heavy (non-hydrogen) atoms. The zero-order valence-electron chi connectivity index (χ0n) is 19.8. The van der Waals surface area contributed by atoms with Gasteiger partial charge in [-0.2, -0.15) is 0 Å². The molecule has 0 radical (unpaired) electrons. The highest BCUT2D eigenvalue weighted by Crippen LogP contribution is 2.32. The molecule has 0 saturated heterocycles. The number of nitrogens with one attached hydrogen (secondary N) is 1. The van der Waals surface area contributed by atoms with E-state index >= 15 is 0 Å². The fraction of sp³-hybridized carbons (Fsp3) is 0.423. The van der Waals surface area contributed by atoms with Gasteiger partial charge in [-0.05, 0) is 74.0 Å². The Balaban J connectivity index is 1.90. The molecule has 2 aromatic rings. The minimum absolute atomic E-state index is 0.178. The molecule has 1 aliphatic rings. The van der Waals surface area contributed by atoms with Gasteiger partial charge in [0.25, 0.3) is 10.0 Å². The van der Waals surface area contributed by atoms with E-state index in [1.807, 2.05) is 24.3 Å². The van der Waals surface area contributed by atoms with Crippen LogP contribution >= 0.6 is 0 Å². The topological polar surface area (TPSA) is 75.7 Å².